The Morgan fingerprint density at radius 2 is 2.20 bits per heavy atom. The number of benzene rings is 1. The number of thioether (sulfide) groups is 1. The van der Waals surface area contributed by atoms with Crippen molar-refractivity contribution >= 4 is 44.7 Å². The summed E-state index contributed by atoms with van der Waals surface area (Å²) in [4.78, 5) is 1.14. The van der Waals surface area contributed by atoms with E-state index in [9.17, 15) is 0 Å². The Morgan fingerprint density at radius 1 is 1.33 bits per heavy atom. The lowest BCUT2D eigenvalue weighted by Gasteiger charge is -2.04. The molecule has 0 atom stereocenters. The van der Waals surface area contributed by atoms with E-state index < -0.39 is 0 Å². The molecule has 0 saturated heterocycles. The number of nitrogens with two attached hydrogens (primary N) is 1. The Labute approximate surface area is 106 Å². The van der Waals surface area contributed by atoms with E-state index in [4.69, 9.17) is 5.73 Å². The number of rotatable bonds is 3. The summed E-state index contributed by atoms with van der Waals surface area (Å²) in [5.74, 6) is 0.981. The number of hydrogen-bond donors (Lipinski definition) is 1. The van der Waals surface area contributed by atoms with Gasteiger partial charge < -0.3 is 5.73 Å². The Bertz CT molecular complexity index is 440. The average Bonchev–Trinajstić information content (AvgIpc) is 2.69. The van der Waals surface area contributed by atoms with Gasteiger partial charge in [0.2, 0.25) is 0 Å². The minimum Gasteiger partial charge on any atom is -0.398 e. The van der Waals surface area contributed by atoms with E-state index >= 15 is 0 Å². The number of nitrogen functional groups attached to an aromatic ring is 1. The molecule has 0 unspecified atom stereocenters. The third-order valence-corrected chi connectivity index (χ3v) is 4.33. The third kappa shape index (κ3) is 3.00. The van der Waals surface area contributed by atoms with Crippen molar-refractivity contribution < 1.29 is 0 Å². The molecule has 0 bridgehead atoms. The first kappa shape index (κ1) is 11.0. The lowest BCUT2D eigenvalue weighted by atomic mass is 10.3. The fourth-order valence-electron chi connectivity index (χ4n) is 1.19. The summed E-state index contributed by atoms with van der Waals surface area (Å²) in [6.07, 6.45) is 0. The average molecular weight is 300 g/mol. The van der Waals surface area contributed by atoms with Gasteiger partial charge in [-0.15, -0.1) is 11.8 Å². The molecule has 0 aliphatic carbocycles. The molecule has 1 heterocycles. The monoisotopic (exact) mass is 299 g/mol. The van der Waals surface area contributed by atoms with Gasteiger partial charge in [0, 0.05) is 20.8 Å². The fourth-order valence-corrected chi connectivity index (χ4v) is 3.23. The third-order valence-electron chi connectivity index (χ3n) is 1.95. The minimum absolute atomic E-state index is 0.838. The fraction of sp³-hybridized carbons (Fsp3) is 0.0909. The van der Waals surface area contributed by atoms with Crippen LogP contribution in [0.15, 0.2) is 44.4 Å². The van der Waals surface area contributed by atoms with Crippen LogP contribution >= 0.6 is 39.0 Å². The van der Waals surface area contributed by atoms with Crippen LogP contribution in [0.3, 0.4) is 0 Å². The van der Waals surface area contributed by atoms with Gasteiger partial charge in [-0.3, -0.25) is 0 Å². The van der Waals surface area contributed by atoms with Crippen molar-refractivity contribution in [3.05, 3.63) is 45.1 Å². The highest BCUT2D eigenvalue weighted by Crippen LogP contribution is 2.30. The molecule has 1 aromatic heterocycles. The van der Waals surface area contributed by atoms with Crippen molar-refractivity contribution in [3.63, 3.8) is 0 Å². The van der Waals surface area contributed by atoms with Crippen LogP contribution in [0.4, 0.5) is 5.69 Å². The highest BCUT2D eigenvalue weighted by Gasteiger charge is 2.01. The largest absolute Gasteiger partial charge is 0.398 e. The van der Waals surface area contributed by atoms with E-state index in [-0.39, 0.29) is 0 Å². The first-order valence-corrected chi connectivity index (χ1v) is 7.17. The van der Waals surface area contributed by atoms with Crippen LogP contribution in [0, 0.1) is 0 Å². The van der Waals surface area contributed by atoms with Crippen LogP contribution in [0.2, 0.25) is 0 Å². The number of hydrogen-bond acceptors (Lipinski definition) is 3. The standard InChI is InChI=1S/C11H10BrNS2/c12-9-1-2-11(10(13)5-9)15-7-8-3-4-14-6-8/h1-6H,7,13H2. The summed E-state index contributed by atoms with van der Waals surface area (Å²) < 4.78 is 1.03. The molecule has 1 nitrogen and oxygen atoms in total. The maximum absolute atomic E-state index is 5.91. The van der Waals surface area contributed by atoms with Crippen molar-refractivity contribution in [2.24, 2.45) is 0 Å². The van der Waals surface area contributed by atoms with Crippen LogP contribution < -0.4 is 5.73 Å². The van der Waals surface area contributed by atoms with Crippen LogP contribution in [0.25, 0.3) is 0 Å². The van der Waals surface area contributed by atoms with Crippen LogP contribution in [0.1, 0.15) is 5.56 Å². The van der Waals surface area contributed by atoms with Crippen molar-refractivity contribution in [1.82, 2.24) is 0 Å². The van der Waals surface area contributed by atoms with Crippen molar-refractivity contribution in [1.29, 1.82) is 0 Å². The van der Waals surface area contributed by atoms with E-state index in [0.717, 1.165) is 20.8 Å². The molecule has 0 fully saturated rings. The predicted molar refractivity (Wildman–Crippen MR) is 72.4 cm³/mol. The molecule has 1 aromatic carbocycles. The molecule has 0 radical (unpaired) electrons. The van der Waals surface area contributed by atoms with Crippen molar-refractivity contribution in [3.8, 4) is 0 Å². The second-order valence-corrected chi connectivity index (χ2v) is 5.82. The van der Waals surface area contributed by atoms with E-state index in [2.05, 4.69) is 38.8 Å². The number of anilines is 1. The molecule has 0 aliphatic heterocycles. The molecule has 2 aromatic rings. The zero-order valence-corrected chi connectivity index (χ0v) is 11.2. The molecular weight excluding hydrogens is 290 g/mol. The van der Waals surface area contributed by atoms with E-state index in [1.54, 1.807) is 23.1 Å². The quantitative estimate of drug-likeness (QED) is 0.672. The SMILES string of the molecule is Nc1cc(Br)ccc1SCc1ccsc1. The van der Waals surface area contributed by atoms with E-state index in [1.807, 2.05) is 12.1 Å². The summed E-state index contributed by atoms with van der Waals surface area (Å²) in [5.41, 5.74) is 8.10. The molecule has 0 spiro atoms. The molecule has 2 N–H and O–H groups in total. The van der Waals surface area contributed by atoms with Gasteiger partial charge in [-0.25, -0.2) is 0 Å². The topological polar surface area (TPSA) is 26.0 Å². The zero-order valence-electron chi connectivity index (χ0n) is 7.94. The highest BCUT2D eigenvalue weighted by molar-refractivity contribution is 9.10. The number of halogens is 1. The molecule has 0 aliphatic rings. The highest BCUT2D eigenvalue weighted by atomic mass is 79.9. The molecule has 0 saturated carbocycles. The molecular formula is C11H10BrNS2. The summed E-state index contributed by atoms with van der Waals surface area (Å²) in [5, 5.41) is 4.27. The van der Waals surface area contributed by atoms with E-state index in [1.165, 1.54) is 5.56 Å². The second kappa shape index (κ2) is 5.05. The maximum atomic E-state index is 5.91. The summed E-state index contributed by atoms with van der Waals surface area (Å²) in [7, 11) is 0. The zero-order chi connectivity index (χ0) is 10.7. The van der Waals surface area contributed by atoms with Gasteiger partial charge in [0.15, 0.2) is 0 Å². The molecule has 0 amide bonds. The van der Waals surface area contributed by atoms with Crippen molar-refractivity contribution in [2.75, 3.05) is 5.73 Å². The summed E-state index contributed by atoms with van der Waals surface area (Å²) >= 11 is 6.90. The van der Waals surface area contributed by atoms with Gasteiger partial charge in [0.25, 0.3) is 0 Å². The Balaban J connectivity index is 2.05. The molecule has 4 heteroatoms. The lowest BCUT2D eigenvalue weighted by Crippen LogP contribution is -1.88. The van der Waals surface area contributed by atoms with Crippen LogP contribution in [0.5, 0.6) is 0 Å². The molecule has 15 heavy (non-hydrogen) atoms. The minimum atomic E-state index is 0.838. The predicted octanol–water partition coefficient (Wildman–Crippen LogP) is 4.39. The second-order valence-electron chi connectivity index (χ2n) is 3.10. The number of thiophene rings is 1. The van der Waals surface area contributed by atoms with Gasteiger partial charge in [-0.1, -0.05) is 15.9 Å². The lowest BCUT2D eigenvalue weighted by molar-refractivity contribution is 1.40. The smallest absolute Gasteiger partial charge is 0.0463 e. The Hall–Kier alpha value is -0.450. The Kier molecular flexibility index (Phi) is 3.72. The van der Waals surface area contributed by atoms with Gasteiger partial charge in [0.1, 0.15) is 0 Å². The van der Waals surface area contributed by atoms with Gasteiger partial charge in [0.05, 0.1) is 0 Å². The summed E-state index contributed by atoms with van der Waals surface area (Å²) in [6.45, 7) is 0. The molecule has 2 rings (SSSR count). The van der Waals surface area contributed by atoms with Gasteiger partial charge >= 0.3 is 0 Å². The van der Waals surface area contributed by atoms with Crippen LogP contribution in [-0.2, 0) is 5.75 Å². The van der Waals surface area contributed by atoms with Crippen molar-refractivity contribution in [2.45, 2.75) is 10.6 Å². The molecule has 78 valence electrons. The maximum Gasteiger partial charge on any atom is 0.0463 e. The summed E-state index contributed by atoms with van der Waals surface area (Å²) in [6, 6.07) is 8.16. The van der Waals surface area contributed by atoms with Gasteiger partial charge in [-0.2, -0.15) is 11.3 Å². The Morgan fingerprint density at radius 3 is 2.87 bits per heavy atom. The first-order valence-electron chi connectivity index (χ1n) is 4.44. The van der Waals surface area contributed by atoms with Gasteiger partial charge in [-0.05, 0) is 40.6 Å². The first-order chi connectivity index (χ1) is 7.25. The normalized spacial score (nSPS) is 10.5. The van der Waals surface area contributed by atoms with E-state index in [0.29, 0.717) is 0 Å². The van der Waals surface area contributed by atoms with Crippen LogP contribution in [-0.4, -0.2) is 0 Å².